The zero-order valence-electron chi connectivity index (χ0n) is 12.0. The molecule has 2 rings (SSSR count). The van der Waals surface area contributed by atoms with Crippen molar-refractivity contribution >= 4 is 15.7 Å². The average Bonchev–Trinajstić information content (AvgIpc) is 2.92. The van der Waals surface area contributed by atoms with Crippen molar-refractivity contribution in [2.24, 2.45) is 0 Å². The number of aryl methyl sites for hydroxylation is 1. The molecule has 0 aliphatic rings. The number of rotatable bonds is 8. The number of nitrogens with one attached hydrogen (secondary N) is 2. The molecule has 2 aromatic rings. The smallest absolute Gasteiger partial charge is 0.233 e. The minimum absolute atomic E-state index is 0.0171. The average molecular weight is 308 g/mol. The van der Waals surface area contributed by atoms with E-state index in [1.807, 2.05) is 25.1 Å². The number of para-hydroxylation sites is 1. The van der Waals surface area contributed by atoms with Crippen LogP contribution in [0.1, 0.15) is 18.4 Å². The molecule has 0 fully saturated rings. The van der Waals surface area contributed by atoms with Crippen molar-refractivity contribution in [2.75, 3.05) is 17.0 Å². The molecule has 1 aromatic carbocycles. The molecule has 0 aliphatic heterocycles. The van der Waals surface area contributed by atoms with E-state index < -0.39 is 10.0 Å². The Balaban J connectivity index is 1.74. The summed E-state index contributed by atoms with van der Waals surface area (Å²) in [6.07, 6.45) is 0.857. The molecular weight excluding hydrogens is 288 g/mol. The van der Waals surface area contributed by atoms with Crippen LogP contribution in [0.25, 0.3) is 0 Å². The normalized spacial score (nSPS) is 11.5. The summed E-state index contributed by atoms with van der Waals surface area (Å²) in [5.41, 5.74) is 0.580. The van der Waals surface area contributed by atoms with Gasteiger partial charge in [0, 0.05) is 18.7 Å². The molecule has 0 atom stereocenters. The van der Waals surface area contributed by atoms with Gasteiger partial charge in [-0.15, -0.1) is 0 Å². The zero-order chi connectivity index (χ0) is 15.1. The van der Waals surface area contributed by atoms with E-state index in [1.54, 1.807) is 24.3 Å². The fraction of sp³-hybridized carbons (Fsp3) is 0.333. The van der Waals surface area contributed by atoms with Crippen molar-refractivity contribution < 1.29 is 12.8 Å². The van der Waals surface area contributed by atoms with E-state index in [2.05, 4.69) is 10.0 Å². The molecule has 0 amide bonds. The van der Waals surface area contributed by atoms with Gasteiger partial charge in [-0.2, -0.15) is 0 Å². The monoisotopic (exact) mass is 308 g/mol. The van der Waals surface area contributed by atoms with Gasteiger partial charge in [0.2, 0.25) is 10.0 Å². The van der Waals surface area contributed by atoms with Crippen LogP contribution in [0.5, 0.6) is 0 Å². The maximum Gasteiger partial charge on any atom is 0.233 e. The van der Waals surface area contributed by atoms with E-state index in [0.29, 0.717) is 18.8 Å². The van der Waals surface area contributed by atoms with Crippen molar-refractivity contribution in [3.8, 4) is 0 Å². The van der Waals surface area contributed by atoms with E-state index in [9.17, 15) is 8.42 Å². The van der Waals surface area contributed by atoms with Crippen LogP contribution in [0.3, 0.4) is 0 Å². The highest BCUT2D eigenvalue weighted by Crippen LogP contribution is 2.09. The predicted octanol–water partition coefficient (Wildman–Crippen LogP) is 2.37. The molecule has 0 unspecified atom stereocenters. The Kier molecular flexibility index (Phi) is 5.41. The largest absolute Gasteiger partial charge is 0.465 e. The molecule has 6 heteroatoms. The van der Waals surface area contributed by atoms with Gasteiger partial charge < -0.3 is 9.73 Å². The van der Waals surface area contributed by atoms with Gasteiger partial charge in [0.1, 0.15) is 11.5 Å². The maximum atomic E-state index is 11.9. The summed E-state index contributed by atoms with van der Waals surface area (Å²) >= 11 is 0. The summed E-state index contributed by atoms with van der Waals surface area (Å²) in [5.74, 6) is 1.77. The molecule has 0 bridgehead atoms. The maximum absolute atomic E-state index is 11.9. The van der Waals surface area contributed by atoms with Crippen LogP contribution < -0.4 is 10.0 Å². The van der Waals surface area contributed by atoms with E-state index in [0.717, 1.165) is 17.9 Å². The van der Waals surface area contributed by atoms with E-state index in [1.165, 1.54) is 0 Å². The summed E-state index contributed by atoms with van der Waals surface area (Å²) in [6, 6.07) is 12.7. The van der Waals surface area contributed by atoms with E-state index in [-0.39, 0.29) is 5.75 Å². The summed E-state index contributed by atoms with van der Waals surface area (Å²) in [6.45, 7) is 2.92. The minimum atomic E-state index is -3.33. The predicted molar refractivity (Wildman–Crippen MR) is 83.6 cm³/mol. The number of hydrogen-bond donors (Lipinski definition) is 2. The van der Waals surface area contributed by atoms with Gasteiger partial charge in [0.05, 0.1) is 12.3 Å². The third-order valence-electron chi connectivity index (χ3n) is 2.96. The second kappa shape index (κ2) is 7.28. The number of furan rings is 1. The second-order valence-corrected chi connectivity index (χ2v) is 6.53. The van der Waals surface area contributed by atoms with Gasteiger partial charge in [-0.25, -0.2) is 8.42 Å². The summed E-state index contributed by atoms with van der Waals surface area (Å²) in [4.78, 5) is 0. The highest BCUT2D eigenvalue weighted by molar-refractivity contribution is 7.92. The number of anilines is 1. The summed E-state index contributed by atoms with van der Waals surface area (Å²) in [5, 5.41) is 3.07. The molecule has 0 saturated carbocycles. The molecule has 1 heterocycles. The van der Waals surface area contributed by atoms with Gasteiger partial charge in [-0.05, 0) is 24.3 Å². The van der Waals surface area contributed by atoms with Crippen LogP contribution in [0.2, 0.25) is 0 Å². The highest BCUT2D eigenvalue weighted by atomic mass is 32.2. The Bertz CT molecular complexity index is 651. The first-order valence-electron chi connectivity index (χ1n) is 6.93. The van der Waals surface area contributed by atoms with Crippen LogP contribution in [0.4, 0.5) is 5.69 Å². The molecule has 1 aromatic heterocycles. The number of benzene rings is 1. The van der Waals surface area contributed by atoms with Crippen molar-refractivity contribution in [3.63, 3.8) is 0 Å². The SMILES string of the molecule is CCc1ccc(CNCCS(=O)(=O)Nc2ccccc2)o1. The molecule has 0 saturated heterocycles. The molecule has 114 valence electrons. The van der Waals surface area contributed by atoms with Crippen molar-refractivity contribution in [3.05, 3.63) is 54.0 Å². The van der Waals surface area contributed by atoms with Crippen LogP contribution in [-0.2, 0) is 23.0 Å². The van der Waals surface area contributed by atoms with Gasteiger partial charge in [-0.3, -0.25) is 4.72 Å². The summed E-state index contributed by atoms with van der Waals surface area (Å²) in [7, 11) is -3.33. The van der Waals surface area contributed by atoms with Crippen LogP contribution in [0.15, 0.2) is 46.9 Å². The fourth-order valence-corrected chi connectivity index (χ4v) is 2.87. The summed E-state index contributed by atoms with van der Waals surface area (Å²) < 4.78 is 31.8. The lowest BCUT2D eigenvalue weighted by Gasteiger charge is -2.08. The quantitative estimate of drug-likeness (QED) is 0.735. The van der Waals surface area contributed by atoms with Crippen LogP contribution >= 0.6 is 0 Å². The Morgan fingerprint density at radius 1 is 1.05 bits per heavy atom. The first-order chi connectivity index (χ1) is 10.1. The molecule has 0 aliphatic carbocycles. The van der Waals surface area contributed by atoms with Gasteiger partial charge in [-0.1, -0.05) is 25.1 Å². The number of hydrogen-bond acceptors (Lipinski definition) is 4. The topological polar surface area (TPSA) is 71.3 Å². The number of sulfonamides is 1. The third-order valence-corrected chi connectivity index (χ3v) is 4.25. The molecule has 5 nitrogen and oxygen atoms in total. The molecule has 0 spiro atoms. The zero-order valence-corrected chi connectivity index (χ0v) is 12.8. The standard InChI is InChI=1S/C15H20N2O3S/c1-2-14-8-9-15(20-14)12-16-10-11-21(18,19)17-13-6-4-3-5-7-13/h3-9,16-17H,2,10-12H2,1H3. The van der Waals surface area contributed by atoms with Crippen LogP contribution in [0, 0.1) is 0 Å². The first kappa shape index (κ1) is 15.6. The lowest BCUT2D eigenvalue weighted by molar-refractivity contribution is 0.453. The minimum Gasteiger partial charge on any atom is -0.465 e. The van der Waals surface area contributed by atoms with Gasteiger partial charge in [0.15, 0.2) is 0 Å². The Morgan fingerprint density at radius 2 is 1.76 bits per heavy atom. The van der Waals surface area contributed by atoms with E-state index in [4.69, 9.17) is 4.42 Å². The first-order valence-corrected chi connectivity index (χ1v) is 8.58. The molecule has 2 N–H and O–H groups in total. The second-order valence-electron chi connectivity index (χ2n) is 4.69. The Morgan fingerprint density at radius 3 is 2.43 bits per heavy atom. The fourth-order valence-electron chi connectivity index (χ4n) is 1.86. The molecular formula is C15H20N2O3S. The third kappa shape index (κ3) is 5.24. The van der Waals surface area contributed by atoms with E-state index >= 15 is 0 Å². The Labute approximate surface area is 125 Å². The lowest BCUT2D eigenvalue weighted by Crippen LogP contribution is -2.26. The highest BCUT2D eigenvalue weighted by Gasteiger charge is 2.09. The van der Waals surface area contributed by atoms with Gasteiger partial charge >= 0.3 is 0 Å². The van der Waals surface area contributed by atoms with Crippen molar-refractivity contribution in [1.29, 1.82) is 0 Å². The van der Waals surface area contributed by atoms with Crippen molar-refractivity contribution in [2.45, 2.75) is 19.9 Å². The molecule has 21 heavy (non-hydrogen) atoms. The van der Waals surface area contributed by atoms with Gasteiger partial charge in [0.25, 0.3) is 0 Å². The Hall–Kier alpha value is -1.79. The molecule has 0 radical (unpaired) electrons. The van der Waals surface area contributed by atoms with Crippen LogP contribution in [-0.4, -0.2) is 20.7 Å². The van der Waals surface area contributed by atoms with Crippen molar-refractivity contribution in [1.82, 2.24) is 5.32 Å². The lowest BCUT2D eigenvalue weighted by atomic mass is 10.3.